The van der Waals surface area contributed by atoms with Crippen molar-refractivity contribution >= 4 is 33.8 Å². The summed E-state index contributed by atoms with van der Waals surface area (Å²) >= 11 is 3.37. The van der Waals surface area contributed by atoms with Gasteiger partial charge in [0.25, 0.3) is 11.8 Å². The highest BCUT2D eigenvalue weighted by atomic mass is 79.9. The van der Waals surface area contributed by atoms with E-state index in [0.717, 1.165) is 41.5 Å². The molecule has 0 atom stereocenters. The van der Waals surface area contributed by atoms with Crippen molar-refractivity contribution in [2.45, 2.75) is 25.7 Å². The molecule has 152 valence electrons. The molecule has 1 aliphatic heterocycles. The fourth-order valence-corrected chi connectivity index (χ4v) is 3.52. The van der Waals surface area contributed by atoms with Gasteiger partial charge in [-0.15, -0.1) is 0 Å². The minimum Gasteiger partial charge on any atom is -0.497 e. The van der Waals surface area contributed by atoms with Crippen LogP contribution < -0.4 is 10.1 Å². The number of benzene rings is 2. The quantitative estimate of drug-likeness (QED) is 0.667. The number of ether oxygens (including phenoxy) is 1. The van der Waals surface area contributed by atoms with Crippen LogP contribution in [0.5, 0.6) is 5.75 Å². The van der Waals surface area contributed by atoms with Gasteiger partial charge in [0.2, 0.25) is 0 Å². The average Bonchev–Trinajstić information content (AvgIpc) is 3.03. The van der Waals surface area contributed by atoms with E-state index in [4.69, 9.17) is 4.74 Å². The smallest absolute Gasteiger partial charge is 0.270 e. The van der Waals surface area contributed by atoms with Crippen molar-refractivity contribution in [2.24, 2.45) is 0 Å². The molecular formula is C23H25BrN2O3. The maximum Gasteiger partial charge on any atom is 0.270 e. The van der Waals surface area contributed by atoms with E-state index in [1.807, 2.05) is 29.2 Å². The van der Waals surface area contributed by atoms with Gasteiger partial charge >= 0.3 is 0 Å². The zero-order valence-corrected chi connectivity index (χ0v) is 18.1. The minimum absolute atomic E-state index is 0.145. The molecule has 2 aromatic carbocycles. The Morgan fingerprint density at radius 2 is 1.59 bits per heavy atom. The van der Waals surface area contributed by atoms with Crippen molar-refractivity contribution in [3.05, 3.63) is 69.8 Å². The third kappa shape index (κ3) is 5.94. The number of amides is 2. The Kier molecular flexibility index (Phi) is 7.47. The molecule has 1 heterocycles. The fourth-order valence-electron chi connectivity index (χ4n) is 3.26. The summed E-state index contributed by atoms with van der Waals surface area (Å²) in [7, 11) is 1.61. The van der Waals surface area contributed by atoms with Crippen molar-refractivity contribution < 1.29 is 14.3 Å². The highest BCUT2D eigenvalue weighted by molar-refractivity contribution is 9.10. The van der Waals surface area contributed by atoms with Crippen LogP contribution in [0.3, 0.4) is 0 Å². The molecular weight excluding hydrogens is 432 g/mol. The van der Waals surface area contributed by atoms with Gasteiger partial charge in [0.15, 0.2) is 0 Å². The third-order valence-corrected chi connectivity index (χ3v) is 5.43. The first kappa shape index (κ1) is 21.1. The van der Waals surface area contributed by atoms with Crippen LogP contribution in [0.4, 0.5) is 0 Å². The van der Waals surface area contributed by atoms with Crippen LogP contribution in [0.25, 0.3) is 6.08 Å². The summed E-state index contributed by atoms with van der Waals surface area (Å²) in [5, 5.41) is 2.83. The van der Waals surface area contributed by atoms with Crippen LogP contribution >= 0.6 is 15.9 Å². The Morgan fingerprint density at radius 3 is 2.17 bits per heavy atom. The van der Waals surface area contributed by atoms with E-state index in [0.29, 0.717) is 18.7 Å². The van der Waals surface area contributed by atoms with E-state index in [9.17, 15) is 9.59 Å². The van der Waals surface area contributed by atoms with Crippen LogP contribution in [-0.2, 0) is 4.79 Å². The highest BCUT2D eigenvalue weighted by Crippen LogP contribution is 2.17. The van der Waals surface area contributed by atoms with E-state index in [2.05, 4.69) is 21.2 Å². The summed E-state index contributed by atoms with van der Waals surface area (Å²) in [5.74, 6) is 0.287. The number of nitrogens with one attached hydrogen (secondary N) is 1. The van der Waals surface area contributed by atoms with E-state index in [-0.39, 0.29) is 17.5 Å². The molecule has 1 aliphatic rings. The Labute approximate surface area is 179 Å². The number of rotatable bonds is 5. The number of hydrogen-bond acceptors (Lipinski definition) is 3. The summed E-state index contributed by atoms with van der Waals surface area (Å²) in [6.45, 7) is 1.43. The molecule has 0 saturated carbocycles. The number of likely N-dealkylation sites (tertiary alicyclic amines) is 1. The molecule has 29 heavy (non-hydrogen) atoms. The molecule has 0 aliphatic carbocycles. The van der Waals surface area contributed by atoms with Crippen LogP contribution in [-0.4, -0.2) is 36.9 Å². The summed E-state index contributed by atoms with van der Waals surface area (Å²) in [6.07, 6.45) is 5.97. The highest BCUT2D eigenvalue weighted by Gasteiger charge is 2.21. The molecule has 0 unspecified atom stereocenters. The van der Waals surface area contributed by atoms with E-state index < -0.39 is 0 Å². The molecule has 0 bridgehead atoms. The maximum atomic E-state index is 13.2. The van der Waals surface area contributed by atoms with Crippen LogP contribution in [0.15, 0.2) is 58.7 Å². The Bertz CT molecular complexity index is 868. The van der Waals surface area contributed by atoms with Gasteiger partial charge in [-0.1, -0.05) is 40.9 Å². The van der Waals surface area contributed by atoms with Crippen molar-refractivity contribution in [3.63, 3.8) is 0 Å². The van der Waals surface area contributed by atoms with Crippen molar-refractivity contribution in [1.82, 2.24) is 10.2 Å². The minimum atomic E-state index is -0.305. The number of hydrogen-bond donors (Lipinski definition) is 1. The second kappa shape index (κ2) is 10.3. The third-order valence-electron chi connectivity index (χ3n) is 4.91. The van der Waals surface area contributed by atoms with Crippen molar-refractivity contribution in [3.8, 4) is 5.75 Å². The lowest BCUT2D eigenvalue weighted by molar-refractivity contribution is -0.127. The van der Waals surface area contributed by atoms with Gasteiger partial charge in [-0.25, -0.2) is 0 Å². The number of nitrogens with zero attached hydrogens (tertiary/aromatic N) is 1. The lowest BCUT2D eigenvalue weighted by Crippen LogP contribution is -2.39. The largest absolute Gasteiger partial charge is 0.497 e. The molecule has 0 radical (unpaired) electrons. The van der Waals surface area contributed by atoms with E-state index >= 15 is 0 Å². The average molecular weight is 457 g/mol. The van der Waals surface area contributed by atoms with Crippen molar-refractivity contribution in [1.29, 1.82) is 0 Å². The Morgan fingerprint density at radius 1 is 0.966 bits per heavy atom. The molecule has 0 spiro atoms. The summed E-state index contributed by atoms with van der Waals surface area (Å²) in [4.78, 5) is 27.8. The van der Waals surface area contributed by atoms with Gasteiger partial charge in [-0.3, -0.25) is 9.59 Å². The van der Waals surface area contributed by atoms with E-state index in [1.54, 1.807) is 37.5 Å². The van der Waals surface area contributed by atoms with Gasteiger partial charge in [-0.2, -0.15) is 0 Å². The van der Waals surface area contributed by atoms with Gasteiger partial charge in [0.1, 0.15) is 11.4 Å². The molecule has 3 rings (SSSR count). The fraction of sp³-hybridized carbons (Fsp3) is 0.304. The number of methoxy groups -OCH3 is 1. The van der Waals surface area contributed by atoms with Gasteiger partial charge < -0.3 is 15.0 Å². The van der Waals surface area contributed by atoms with Gasteiger partial charge in [0.05, 0.1) is 7.11 Å². The number of carbonyl (C=O) groups is 2. The predicted octanol–water partition coefficient (Wildman–Crippen LogP) is 4.63. The summed E-state index contributed by atoms with van der Waals surface area (Å²) < 4.78 is 6.09. The molecule has 2 aromatic rings. The topological polar surface area (TPSA) is 58.6 Å². The van der Waals surface area contributed by atoms with Gasteiger partial charge in [-0.05, 0) is 60.9 Å². The standard InChI is InChI=1S/C23H25BrN2O3/c1-29-20-12-6-17(7-13-20)16-21(23(28)26-14-4-2-3-5-15-26)25-22(27)18-8-10-19(24)11-9-18/h6-13,16H,2-5,14-15H2,1H3,(H,25,27)/b21-16-. The first-order chi connectivity index (χ1) is 14.1. The summed E-state index contributed by atoms with van der Waals surface area (Å²) in [6, 6.07) is 14.4. The zero-order valence-electron chi connectivity index (χ0n) is 16.5. The van der Waals surface area contributed by atoms with Crippen molar-refractivity contribution in [2.75, 3.05) is 20.2 Å². The second-order valence-electron chi connectivity index (χ2n) is 7.00. The van der Waals surface area contributed by atoms with Crippen LogP contribution in [0, 0.1) is 0 Å². The lowest BCUT2D eigenvalue weighted by atomic mass is 10.1. The second-order valence-corrected chi connectivity index (χ2v) is 7.91. The normalized spacial score (nSPS) is 14.8. The Hall–Kier alpha value is -2.60. The maximum absolute atomic E-state index is 13.2. The summed E-state index contributed by atoms with van der Waals surface area (Å²) in [5.41, 5.74) is 1.60. The van der Waals surface area contributed by atoms with E-state index in [1.165, 1.54) is 0 Å². The van der Waals surface area contributed by atoms with Crippen LogP contribution in [0.2, 0.25) is 0 Å². The number of carbonyl (C=O) groups excluding carboxylic acids is 2. The monoisotopic (exact) mass is 456 g/mol. The molecule has 0 aromatic heterocycles. The molecule has 5 nitrogen and oxygen atoms in total. The first-order valence-corrected chi connectivity index (χ1v) is 10.6. The SMILES string of the molecule is COc1ccc(/C=C(\NC(=O)c2ccc(Br)cc2)C(=O)N2CCCCCC2)cc1. The molecule has 6 heteroatoms. The molecule has 2 amide bonds. The van der Waals surface area contributed by atoms with Gasteiger partial charge in [0, 0.05) is 23.1 Å². The Balaban J connectivity index is 1.86. The zero-order chi connectivity index (χ0) is 20.6. The number of halogens is 1. The first-order valence-electron chi connectivity index (χ1n) is 9.79. The lowest BCUT2D eigenvalue weighted by Gasteiger charge is -2.22. The molecule has 1 fully saturated rings. The van der Waals surface area contributed by atoms with Crippen LogP contribution in [0.1, 0.15) is 41.6 Å². The predicted molar refractivity (Wildman–Crippen MR) is 118 cm³/mol. The molecule has 1 saturated heterocycles. The molecule has 1 N–H and O–H groups in total.